The molecular formula is C26H30FN3O4. The number of nitrogens with one attached hydrogen (secondary N) is 1. The maximum Gasteiger partial charge on any atom is 0.252 e. The second-order valence-corrected chi connectivity index (χ2v) is 8.49. The number of anilines is 1. The van der Waals surface area contributed by atoms with E-state index in [2.05, 4.69) is 5.32 Å². The van der Waals surface area contributed by atoms with Gasteiger partial charge in [-0.1, -0.05) is 37.1 Å². The van der Waals surface area contributed by atoms with Crippen LogP contribution in [0.1, 0.15) is 62.5 Å². The number of rotatable bonds is 12. The lowest BCUT2D eigenvalue weighted by Gasteiger charge is -2.15. The Morgan fingerprint density at radius 1 is 0.971 bits per heavy atom. The average Bonchev–Trinajstić information content (AvgIpc) is 3.64. The molecule has 0 radical (unpaired) electrons. The van der Waals surface area contributed by atoms with Gasteiger partial charge in [0, 0.05) is 24.5 Å². The number of amides is 3. The molecule has 0 heterocycles. The van der Waals surface area contributed by atoms with Gasteiger partial charge in [-0.3, -0.25) is 19.6 Å². The van der Waals surface area contributed by atoms with Crippen molar-refractivity contribution in [3.8, 4) is 0 Å². The zero-order chi connectivity index (χ0) is 24.5. The van der Waals surface area contributed by atoms with Crippen molar-refractivity contribution >= 4 is 35.1 Å². The number of hydroxylamine groups is 1. The number of nitrogens with zero attached hydrogens (tertiary/aromatic N) is 1. The molecule has 1 aliphatic carbocycles. The molecule has 7 nitrogen and oxygen atoms in total. The fourth-order valence-corrected chi connectivity index (χ4v) is 3.46. The van der Waals surface area contributed by atoms with E-state index in [1.807, 2.05) is 0 Å². The van der Waals surface area contributed by atoms with Crippen LogP contribution >= 0.6 is 0 Å². The van der Waals surface area contributed by atoms with Crippen LogP contribution in [0, 0.1) is 5.82 Å². The SMILES string of the molecule is NC(=O)CCCCCCC(=O)N(O)c1ccc(C=C(C(=O)NC2CC2)c2ccc(F)cc2)cc1. The lowest BCUT2D eigenvalue weighted by atomic mass is 10.0. The molecular weight excluding hydrogens is 437 g/mol. The average molecular weight is 468 g/mol. The third-order valence-electron chi connectivity index (χ3n) is 5.56. The number of nitrogens with two attached hydrogens (primary N) is 1. The van der Waals surface area contributed by atoms with Crippen LogP contribution in [0.3, 0.4) is 0 Å². The standard InChI is InChI=1S/C26H30FN3O4/c27-20-11-9-19(10-12-20)23(26(33)29-21-13-14-21)17-18-7-15-22(16-8-18)30(34)25(32)6-4-2-1-3-5-24(28)31/h7-12,15-17,21,34H,1-6,13-14H2,(H2,28,31)(H,29,33). The summed E-state index contributed by atoms with van der Waals surface area (Å²) in [5.74, 6) is -1.36. The van der Waals surface area contributed by atoms with Crippen LogP contribution in [0.5, 0.6) is 0 Å². The van der Waals surface area contributed by atoms with Crippen molar-refractivity contribution in [2.75, 3.05) is 5.06 Å². The minimum Gasteiger partial charge on any atom is -0.370 e. The molecule has 8 heteroatoms. The molecule has 0 bridgehead atoms. The summed E-state index contributed by atoms with van der Waals surface area (Å²) < 4.78 is 13.4. The van der Waals surface area contributed by atoms with Crippen LogP contribution in [-0.2, 0) is 14.4 Å². The molecule has 3 amide bonds. The van der Waals surface area contributed by atoms with E-state index in [-0.39, 0.29) is 30.1 Å². The van der Waals surface area contributed by atoms with Gasteiger partial charge in [-0.15, -0.1) is 0 Å². The Bertz CT molecular complexity index is 1030. The van der Waals surface area contributed by atoms with Crippen molar-refractivity contribution in [2.24, 2.45) is 5.73 Å². The van der Waals surface area contributed by atoms with E-state index < -0.39 is 5.91 Å². The summed E-state index contributed by atoms with van der Waals surface area (Å²) in [4.78, 5) is 35.7. The first-order chi connectivity index (χ1) is 16.3. The fraction of sp³-hybridized carbons (Fsp3) is 0.346. The zero-order valence-corrected chi connectivity index (χ0v) is 19.0. The van der Waals surface area contributed by atoms with Gasteiger partial charge in [0.25, 0.3) is 11.8 Å². The van der Waals surface area contributed by atoms with Gasteiger partial charge in [0.15, 0.2) is 0 Å². The van der Waals surface area contributed by atoms with E-state index in [0.29, 0.717) is 46.7 Å². The Balaban J connectivity index is 1.62. The summed E-state index contributed by atoms with van der Waals surface area (Å²) >= 11 is 0. The van der Waals surface area contributed by atoms with Gasteiger partial charge in [0.05, 0.1) is 5.69 Å². The molecule has 180 valence electrons. The van der Waals surface area contributed by atoms with E-state index in [1.54, 1.807) is 42.5 Å². The van der Waals surface area contributed by atoms with Crippen LogP contribution in [0.15, 0.2) is 48.5 Å². The molecule has 0 spiro atoms. The van der Waals surface area contributed by atoms with E-state index in [1.165, 1.54) is 12.1 Å². The first-order valence-corrected chi connectivity index (χ1v) is 11.5. The van der Waals surface area contributed by atoms with E-state index in [4.69, 9.17) is 5.73 Å². The Morgan fingerprint density at radius 2 is 1.59 bits per heavy atom. The van der Waals surface area contributed by atoms with Gasteiger partial charge in [0.1, 0.15) is 5.82 Å². The number of unbranched alkanes of at least 4 members (excludes halogenated alkanes) is 3. The highest BCUT2D eigenvalue weighted by atomic mass is 19.1. The maximum absolute atomic E-state index is 13.4. The largest absolute Gasteiger partial charge is 0.370 e. The highest BCUT2D eigenvalue weighted by molar-refractivity contribution is 6.24. The van der Waals surface area contributed by atoms with Crippen LogP contribution in [-0.4, -0.2) is 29.0 Å². The monoisotopic (exact) mass is 467 g/mol. The molecule has 2 aromatic rings. The van der Waals surface area contributed by atoms with Crippen LogP contribution in [0.25, 0.3) is 11.6 Å². The van der Waals surface area contributed by atoms with E-state index >= 15 is 0 Å². The van der Waals surface area contributed by atoms with E-state index in [9.17, 15) is 24.0 Å². The number of halogens is 1. The van der Waals surface area contributed by atoms with E-state index in [0.717, 1.165) is 25.7 Å². The number of hydrogen-bond donors (Lipinski definition) is 3. The number of primary amides is 1. The topological polar surface area (TPSA) is 113 Å². The van der Waals surface area contributed by atoms with Gasteiger partial charge < -0.3 is 11.1 Å². The van der Waals surface area contributed by atoms with Crippen molar-refractivity contribution in [3.05, 3.63) is 65.5 Å². The molecule has 4 N–H and O–H groups in total. The Morgan fingerprint density at radius 3 is 2.18 bits per heavy atom. The van der Waals surface area contributed by atoms with Gasteiger partial charge in [-0.25, -0.2) is 4.39 Å². The summed E-state index contributed by atoms with van der Waals surface area (Å²) in [5, 5.41) is 13.8. The molecule has 0 saturated heterocycles. The summed E-state index contributed by atoms with van der Waals surface area (Å²) in [7, 11) is 0. The van der Waals surface area contributed by atoms with Crippen molar-refractivity contribution < 1.29 is 24.0 Å². The highest BCUT2D eigenvalue weighted by Gasteiger charge is 2.25. The predicted octanol–water partition coefficient (Wildman–Crippen LogP) is 4.19. The Labute approximate surface area is 198 Å². The molecule has 3 rings (SSSR count). The number of benzene rings is 2. The van der Waals surface area contributed by atoms with Crippen molar-refractivity contribution in [2.45, 2.75) is 57.4 Å². The summed E-state index contributed by atoms with van der Waals surface area (Å²) in [5.41, 5.74) is 7.12. The molecule has 0 aromatic heterocycles. The summed E-state index contributed by atoms with van der Waals surface area (Å²) in [6.07, 6.45) is 6.99. The Hall–Kier alpha value is -3.52. The van der Waals surface area contributed by atoms with Crippen LogP contribution in [0.2, 0.25) is 0 Å². The van der Waals surface area contributed by atoms with Crippen molar-refractivity contribution in [1.82, 2.24) is 5.32 Å². The molecule has 1 aliphatic rings. The first-order valence-electron chi connectivity index (χ1n) is 11.5. The second kappa shape index (κ2) is 12.1. The lowest BCUT2D eigenvalue weighted by Crippen LogP contribution is -2.26. The van der Waals surface area contributed by atoms with Crippen molar-refractivity contribution in [3.63, 3.8) is 0 Å². The molecule has 0 unspecified atom stereocenters. The predicted molar refractivity (Wildman–Crippen MR) is 128 cm³/mol. The number of carbonyl (C=O) groups is 3. The van der Waals surface area contributed by atoms with Gasteiger partial charge >= 0.3 is 0 Å². The highest BCUT2D eigenvalue weighted by Crippen LogP contribution is 2.25. The molecule has 34 heavy (non-hydrogen) atoms. The Kier molecular flexibility index (Phi) is 8.93. The second-order valence-electron chi connectivity index (χ2n) is 8.49. The van der Waals surface area contributed by atoms with Crippen molar-refractivity contribution in [1.29, 1.82) is 0 Å². The van der Waals surface area contributed by atoms with Crippen LogP contribution < -0.4 is 16.1 Å². The quantitative estimate of drug-likeness (QED) is 0.143. The lowest BCUT2D eigenvalue weighted by molar-refractivity contribution is -0.123. The van der Waals surface area contributed by atoms with Gasteiger partial charge in [-0.05, 0) is 67.2 Å². The van der Waals surface area contributed by atoms with Gasteiger partial charge in [0.2, 0.25) is 5.91 Å². The normalized spacial score (nSPS) is 13.4. The van der Waals surface area contributed by atoms with Crippen LogP contribution in [0.4, 0.5) is 10.1 Å². The van der Waals surface area contributed by atoms with Gasteiger partial charge in [-0.2, -0.15) is 5.06 Å². The smallest absolute Gasteiger partial charge is 0.252 e. The summed E-state index contributed by atoms with van der Waals surface area (Å²) in [6.45, 7) is 0. The summed E-state index contributed by atoms with van der Waals surface area (Å²) in [6, 6.07) is 12.5. The third kappa shape index (κ3) is 7.81. The first kappa shape index (κ1) is 25.1. The minimum atomic E-state index is -0.422. The third-order valence-corrected chi connectivity index (χ3v) is 5.56. The molecule has 1 saturated carbocycles. The molecule has 2 aromatic carbocycles. The number of carbonyl (C=O) groups excluding carboxylic acids is 3. The maximum atomic E-state index is 13.4. The zero-order valence-electron chi connectivity index (χ0n) is 19.0. The fourth-order valence-electron chi connectivity index (χ4n) is 3.46. The minimum absolute atomic E-state index is 0.177. The molecule has 0 aliphatic heterocycles. The number of hydrogen-bond acceptors (Lipinski definition) is 4. The molecule has 1 fully saturated rings. The molecule has 0 atom stereocenters.